The molecule has 2 atom stereocenters. The minimum absolute atomic E-state index is 0.0675. The van der Waals surface area contributed by atoms with E-state index in [4.69, 9.17) is 0 Å². The fraction of sp³-hybridized carbons (Fsp3) is 0.750. The molecule has 0 aliphatic carbocycles. The molecule has 4 heteroatoms. The molecule has 0 saturated heterocycles. The molecule has 72 heavy (non-hydrogen) atoms. The van der Waals surface area contributed by atoms with E-state index in [1.807, 2.05) is 6.08 Å². The summed E-state index contributed by atoms with van der Waals surface area (Å²) in [5.41, 5.74) is 0. The molecule has 0 radical (unpaired) electrons. The Balaban J connectivity index is 3.53. The molecule has 0 aromatic carbocycles. The third-order valence-corrected chi connectivity index (χ3v) is 14.1. The fourth-order valence-corrected chi connectivity index (χ4v) is 9.34. The predicted molar refractivity (Wildman–Crippen MR) is 322 cm³/mol. The predicted octanol–water partition coefficient (Wildman–Crippen LogP) is 21.3. The second kappa shape index (κ2) is 62.6. The van der Waals surface area contributed by atoms with Gasteiger partial charge in [0.05, 0.1) is 18.8 Å². The van der Waals surface area contributed by atoms with Gasteiger partial charge < -0.3 is 15.5 Å². The van der Waals surface area contributed by atoms with E-state index in [-0.39, 0.29) is 12.5 Å². The number of aliphatic hydroxyl groups is 2. The maximum Gasteiger partial charge on any atom is 0.220 e. The summed E-state index contributed by atoms with van der Waals surface area (Å²) >= 11 is 0. The summed E-state index contributed by atoms with van der Waals surface area (Å²) in [4.78, 5) is 12.5. The zero-order chi connectivity index (χ0) is 52.0. The van der Waals surface area contributed by atoms with Crippen LogP contribution in [0, 0.1) is 0 Å². The Morgan fingerprint density at radius 3 is 0.917 bits per heavy atom. The van der Waals surface area contributed by atoms with Crippen molar-refractivity contribution in [1.82, 2.24) is 5.32 Å². The van der Waals surface area contributed by atoms with Crippen LogP contribution >= 0.6 is 0 Å². The van der Waals surface area contributed by atoms with E-state index in [1.54, 1.807) is 6.08 Å². The lowest BCUT2D eigenvalue weighted by Gasteiger charge is -2.20. The van der Waals surface area contributed by atoms with Gasteiger partial charge in [0.1, 0.15) is 0 Å². The quantitative estimate of drug-likeness (QED) is 0.0420. The summed E-state index contributed by atoms with van der Waals surface area (Å²) in [7, 11) is 0. The van der Waals surface area contributed by atoms with Gasteiger partial charge >= 0.3 is 0 Å². The normalized spacial score (nSPS) is 13.4. The van der Waals surface area contributed by atoms with Crippen LogP contribution in [-0.4, -0.2) is 34.9 Å². The van der Waals surface area contributed by atoms with E-state index >= 15 is 0 Å². The van der Waals surface area contributed by atoms with Crippen molar-refractivity contribution in [3.8, 4) is 0 Å². The molecule has 3 N–H and O–H groups in total. The molecule has 1 amide bonds. The first-order valence-electron chi connectivity index (χ1n) is 31.5. The smallest absolute Gasteiger partial charge is 0.220 e. The SMILES string of the molecule is CC/C=C\C/C=C\C/C=C\C/C=C\C/C=C\C/C=C\C/C=C\CCCCCCCCCCCCCC(=O)NC(CO)C(O)/C=C/CCCCCCCCCCCCCCCCCCCCCCCCCCC. The number of allylic oxidation sites excluding steroid dienone is 15. The van der Waals surface area contributed by atoms with E-state index in [0.717, 1.165) is 70.6 Å². The largest absolute Gasteiger partial charge is 0.394 e. The molecule has 4 nitrogen and oxygen atoms in total. The summed E-state index contributed by atoms with van der Waals surface area (Å²) in [6, 6.07) is -0.631. The van der Waals surface area contributed by atoms with Crippen molar-refractivity contribution < 1.29 is 15.0 Å². The van der Waals surface area contributed by atoms with Gasteiger partial charge in [0.15, 0.2) is 0 Å². The van der Waals surface area contributed by atoms with Gasteiger partial charge in [-0.3, -0.25) is 4.79 Å². The van der Waals surface area contributed by atoms with Crippen molar-refractivity contribution >= 4 is 5.91 Å². The lowest BCUT2D eigenvalue weighted by atomic mass is 10.0. The van der Waals surface area contributed by atoms with Crippen LogP contribution in [0.5, 0.6) is 0 Å². The number of amides is 1. The second-order valence-electron chi connectivity index (χ2n) is 21.1. The van der Waals surface area contributed by atoms with Crippen molar-refractivity contribution in [1.29, 1.82) is 0 Å². The first-order valence-corrected chi connectivity index (χ1v) is 31.5. The Kier molecular flexibility index (Phi) is 60.3. The molecular formula is C68H121NO3. The molecule has 0 aliphatic rings. The molecule has 0 saturated carbocycles. The molecule has 0 bridgehead atoms. The summed E-state index contributed by atoms with van der Waals surface area (Å²) in [5, 5.41) is 23.3. The van der Waals surface area contributed by atoms with Crippen molar-refractivity contribution in [2.75, 3.05) is 6.61 Å². The molecule has 0 fully saturated rings. The van der Waals surface area contributed by atoms with Gasteiger partial charge in [-0.25, -0.2) is 0 Å². The van der Waals surface area contributed by atoms with Gasteiger partial charge in [-0.2, -0.15) is 0 Å². The van der Waals surface area contributed by atoms with Gasteiger partial charge in [0, 0.05) is 6.42 Å². The zero-order valence-electron chi connectivity index (χ0n) is 47.9. The summed E-state index contributed by atoms with van der Waals surface area (Å²) in [5.74, 6) is -0.0675. The molecule has 0 rings (SSSR count). The molecule has 0 spiro atoms. The van der Waals surface area contributed by atoms with E-state index in [1.165, 1.54) is 218 Å². The molecule has 2 unspecified atom stereocenters. The van der Waals surface area contributed by atoms with Gasteiger partial charge in [-0.1, -0.05) is 323 Å². The Bertz CT molecular complexity index is 1320. The molecule has 0 aliphatic heterocycles. The van der Waals surface area contributed by atoms with Crippen LogP contribution in [0.15, 0.2) is 97.2 Å². The molecule has 0 heterocycles. The van der Waals surface area contributed by atoms with Crippen LogP contribution in [0.1, 0.15) is 309 Å². The highest BCUT2D eigenvalue weighted by Crippen LogP contribution is 2.17. The maximum absolute atomic E-state index is 12.5. The highest BCUT2D eigenvalue weighted by atomic mass is 16.3. The number of unbranched alkanes of at least 4 members (excludes halogenated alkanes) is 36. The first-order chi connectivity index (χ1) is 35.7. The molecule has 0 aromatic rings. The monoisotopic (exact) mass is 1000 g/mol. The Hall–Kier alpha value is -2.69. The van der Waals surface area contributed by atoms with Gasteiger partial charge in [-0.15, -0.1) is 0 Å². The van der Waals surface area contributed by atoms with E-state index < -0.39 is 12.1 Å². The third kappa shape index (κ3) is 58.2. The first kappa shape index (κ1) is 69.3. The number of nitrogens with one attached hydrogen (secondary N) is 1. The van der Waals surface area contributed by atoms with Gasteiger partial charge in [0.2, 0.25) is 5.91 Å². The number of hydrogen-bond donors (Lipinski definition) is 3. The summed E-state index contributed by atoms with van der Waals surface area (Å²) < 4.78 is 0. The maximum atomic E-state index is 12.5. The number of carbonyl (C=O) groups excluding carboxylic acids is 1. The number of aliphatic hydroxyl groups excluding tert-OH is 2. The minimum Gasteiger partial charge on any atom is -0.394 e. The topological polar surface area (TPSA) is 69.6 Å². The molecule has 0 aromatic heterocycles. The van der Waals surface area contributed by atoms with Crippen molar-refractivity contribution in [3.63, 3.8) is 0 Å². The summed E-state index contributed by atoms with van der Waals surface area (Å²) in [6.45, 7) is 4.22. The highest BCUT2D eigenvalue weighted by Gasteiger charge is 2.18. The number of carbonyl (C=O) groups is 1. The van der Waals surface area contributed by atoms with Crippen LogP contribution in [0.3, 0.4) is 0 Å². The average Bonchev–Trinajstić information content (AvgIpc) is 3.39. The number of rotatable bonds is 57. The molecule has 416 valence electrons. The summed E-state index contributed by atoms with van der Waals surface area (Å²) in [6.07, 6.45) is 93.0. The Labute approximate surface area is 449 Å². The van der Waals surface area contributed by atoms with Gasteiger partial charge in [-0.05, 0) is 77.0 Å². The molecular weight excluding hydrogens is 879 g/mol. The van der Waals surface area contributed by atoms with Crippen LogP contribution in [0.25, 0.3) is 0 Å². The lowest BCUT2D eigenvalue weighted by molar-refractivity contribution is -0.123. The van der Waals surface area contributed by atoms with E-state index in [9.17, 15) is 15.0 Å². The van der Waals surface area contributed by atoms with Crippen LogP contribution in [0.2, 0.25) is 0 Å². The van der Waals surface area contributed by atoms with Gasteiger partial charge in [0.25, 0.3) is 0 Å². The van der Waals surface area contributed by atoms with Crippen LogP contribution < -0.4 is 5.32 Å². The zero-order valence-corrected chi connectivity index (χ0v) is 47.9. The number of hydrogen-bond acceptors (Lipinski definition) is 3. The third-order valence-electron chi connectivity index (χ3n) is 14.1. The highest BCUT2D eigenvalue weighted by molar-refractivity contribution is 5.76. The average molecular weight is 1000 g/mol. The standard InChI is InChI=1S/C68H121NO3/c1-3-5-7-9-11-13-15-17-19-21-23-25-27-29-31-32-33-34-35-36-38-40-42-44-46-48-50-52-54-56-58-60-62-64-68(72)69-66(65-70)67(71)63-61-59-57-55-53-51-49-47-45-43-41-39-37-30-28-26-24-22-20-18-16-14-12-10-8-6-4-2/h5,7,11,13,17,19,23,25,29,31,33-34,36,38,61,63,66-67,70-71H,3-4,6,8-10,12,14-16,18,20-22,24,26-28,30,32,35,37,39-60,62,64-65H2,1-2H3,(H,69,72)/b7-5-,13-11-,19-17-,25-23-,31-29-,34-33-,38-36-,63-61+. The van der Waals surface area contributed by atoms with Crippen molar-refractivity contribution in [2.24, 2.45) is 0 Å². The fourth-order valence-electron chi connectivity index (χ4n) is 9.34. The minimum atomic E-state index is -0.848. The Morgan fingerprint density at radius 1 is 0.347 bits per heavy atom. The second-order valence-corrected chi connectivity index (χ2v) is 21.1. The Morgan fingerprint density at radius 2 is 0.611 bits per heavy atom. The van der Waals surface area contributed by atoms with E-state index in [2.05, 4.69) is 104 Å². The van der Waals surface area contributed by atoms with Crippen molar-refractivity contribution in [3.05, 3.63) is 97.2 Å². The van der Waals surface area contributed by atoms with Crippen LogP contribution in [0.4, 0.5) is 0 Å². The van der Waals surface area contributed by atoms with E-state index in [0.29, 0.717) is 6.42 Å². The van der Waals surface area contributed by atoms with Crippen molar-refractivity contribution in [2.45, 2.75) is 321 Å². The lowest BCUT2D eigenvalue weighted by Crippen LogP contribution is -2.45. The van der Waals surface area contributed by atoms with Crippen LogP contribution in [-0.2, 0) is 4.79 Å².